The van der Waals surface area contributed by atoms with E-state index in [-0.39, 0.29) is 5.56 Å². The first-order valence-electron chi connectivity index (χ1n) is 9.14. The van der Waals surface area contributed by atoms with Gasteiger partial charge in [-0.1, -0.05) is 18.2 Å². The highest BCUT2D eigenvalue weighted by Gasteiger charge is 2.17. The van der Waals surface area contributed by atoms with Gasteiger partial charge in [0.2, 0.25) is 0 Å². The highest BCUT2D eigenvalue weighted by molar-refractivity contribution is 5.74. The molecule has 0 aliphatic carbocycles. The third kappa shape index (κ3) is 3.60. The van der Waals surface area contributed by atoms with Crippen molar-refractivity contribution in [1.82, 2.24) is 19.4 Å². The number of pyridine rings is 1. The topological polar surface area (TPSA) is 54.3 Å². The van der Waals surface area contributed by atoms with Gasteiger partial charge in [-0.15, -0.1) is 0 Å². The smallest absolute Gasteiger partial charge is 0.269 e. The van der Waals surface area contributed by atoms with Gasteiger partial charge < -0.3 is 9.47 Å². The Labute approximate surface area is 152 Å². The normalized spacial score (nSPS) is 15.5. The number of nitrogens with zero attached hydrogens (tertiary/aromatic N) is 5. The minimum absolute atomic E-state index is 0.0244. The van der Waals surface area contributed by atoms with Crippen LogP contribution < -0.4 is 10.5 Å². The summed E-state index contributed by atoms with van der Waals surface area (Å²) in [6.45, 7) is 5.77. The van der Waals surface area contributed by atoms with Crippen LogP contribution in [0.3, 0.4) is 0 Å². The molecule has 0 radical (unpaired) electrons. The molecule has 0 bridgehead atoms. The van der Waals surface area contributed by atoms with Crippen LogP contribution in [-0.4, -0.2) is 52.2 Å². The Morgan fingerprint density at radius 3 is 2.50 bits per heavy atom. The van der Waals surface area contributed by atoms with E-state index in [1.807, 2.05) is 47.2 Å². The maximum Gasteiger partial charge on any atom is 0.269 e. The second kappa shape index (κ2) is 7.66. The van der Waals surface area contributed by atoms with E-state index in [2.05, 4.69) is 25.8 Å². The minimum atomic E-state index is -0.0244. The van der Waals surface area contributed by atoms with Crippen molar-refractivity contribution >= 4 is 16.9 Å². The molecule has 1 aliphatic rings. The monoisotopic (exact) mass is 349 g/mol. The molecular weight excluding hydrogens is 326 g/mol. The number of anilines is 1. The first-order chi connectivity index (χ1) is 12.8. The quantitative estimate of drug-likeness (QED) is 0.705. The van der Waals surface area contributed by atoms with Crippen molar-refractivity contribution in [3.8, 4) is 0 Å². The summed E-state index contributed by atoms with van der Waals surface area (Å²) in [5.41, 5.74) is 1.76. The highest BCUT2D eigenvalue weighted by Crippen LogP contribution is 2.13. The Morgan fingerprint density at radius 2 is 1.69 bits per heavy atom. The molecule has 3 aromatic rings. The lowest BCUT2D eigenvalue weighted by atomic mass is 10.2. The molecule has 0 N–H and O–H groups in total. The second-order valence-electron chi connectivity index (χ2n) is 6.61. The number of benzene rings is 1. The predicted octanol–water partition coefficient (Wildman–Crippen LogP) is 2.00. The van der Waals surface area contributed by atoms with E-state index >= 15 is 0 Å². The van der Waals surface area contributed by atoms with Crippen molar-refractivity contribution in [1.29, 1.82) is 0 Å². The molecule has 6 nitrogen and oxygen atoms in total. The van der Waals surface area contributed by atoms with Crippen LogP contribution in [-0.2, 0) is 6.54 Å². The molecular formula is C20H23N5O. The number of fused-ring (bicyclic) bond motifs is 1. The highest BCUT2D eigenvalue weighted by atomic mass is 16.1. The fourth-order valence-electron chi connectivity index (χ4n) is 3.54. The summed E-state index contributed by atoms with van der Waals surface area (Å²) in [6, 6.07) is 13.9. The Hall–Kier alpha value is -2.73. The fourth-order valence-corrected chi connectivity index (χ4v) is 3.54. The third-order valence-electron chi connectivity index (χ3n) is 4.95. The number of aromatic nitrogens is 3. The van der Waals surface area contributed by atoms with Gasteiger partial charge in [-0.25, -0.2) is 9.97 Å². The van der Waals surface area contributed by atoms with E-state index in [1.165, 1.54) is 6.20 Å². The SMILES string of the molecule is O=c1cnc2ccccc2n1CCCN1CCN(c2ccccn2)CC1. The summed E-state index contributed by atoms with van der Waals surface area (Å²) >= 11 is 0. The molecule has 3 heterocycles. The van der Waals surface area contributed by atoms with E-state index in [1.54, 1.807) is 0 Å². The Bertz CT molecular complexity index is 916. The van der Waals surface area contributed by atoms with Crippen molar-refractivity contribution in [3.05, 3.63) is 65.2 Å². The molecule has 1 fully saturated rings. The number of para-hydroxylation sites is 2. The van der Waals surface area contributed by atoms with Gasteiger partial charge >= 0.3 is 0 Å². The van der Waals surface area contributed by atoms with E-state index in [9.17, 15) is 4.79 Å². The van der Waals surface area contributed by atoms with Crippen LogP contribution >= 0.6 is 0 Å². The molecule has 134 valence electrons. The minimum Gasteiger partial charge on any atom is -0.354 e. The standard InChI is InChI=1S/C20H23N5O/c26-20-16-22-17-6-1-2-7-18(17)25(20)11-5-10-23-12-14-24(15-13-23)19-8-3-4-9-21-19/h1-4,6-9,16H,5,10-15H2. The molecule has 1 aromatic carbocycles. The fraction of sp³-hybridized carbons (Fsp3) is 0.350. The van der Waals surface area contributed by atoms with Crippen molar-refractivity contribution in [2.45, 2.75) is 13.0 Å². The van der Waals surface area contributed by atoms with Gasteiger partial charge in [-0.05, 0) is 37.2 Å². The van der Waals surface area contributed by atoms with Crippen LogP contribution in [0.25, 0.3) is 11.0 Å². The van der Waals surface area contributed by atoms with E-state index in [0.717, 1.165) is 62.5 Å². The average Bonchev–Trinajstić information content (AvgIpc) is 2.71. The molecule has 1 saturated heterocycles. The van der Waals surface area contributed by atoms with Crippen molar-refractivity contribution < 1.29 is 0 Å². The van der Waals surface area contributed by atoms with E-state index in [0.29, 0.717) is 0 Å². The van der Waals surface area contributed by atoms with Gasteiger partial charge in [0, 0.05) is 38.9 Å². The first kappa shape index (κ1) is 16.7. The molecule has 0 saturated carbocycles. The summed E-state index contributed by atoms with van der Waals surface area (Å²) in [6.07, 6.45) is 4.23. The molecule has 0 unspecified atom stereocenters. The summed E-state index contributed by atoms with van der Waals surface area (Å²) in [5, 5.41) is 0. The van der Waals surface area contributed by atoms with Gasteiger partial charge in [0.1, 0.15) is 5.82 Å². The van der Waals surface area contributed by atoms with Gasteiger partial charge in [-0.2, -0.15) is 0 Å². The lowest BCUT2D eigenvalue weighted by Gasteiger charge is -2.35. The van der Waals surface area contributed by atoms with Crippen LogP contribution in [0.4, 0.5) is 5.82 Å². The van der Waals surface area contributed by atoms with Gasteiger partial charge in [-0.3, -0.25) is 9.69 Å². The van der Waals surface area contributed by atoms with E-state index in [4.69, 9.17) is 0 Å². The molecule has 0 spiro atoms. The predicted molar refractivity (Wildman–Crippen MR) is 104 cm³/mol. The Balaban J connectivity index is 1.32. The summed E-state index contributed by atoms with van der Waals surface area (Å²) in [5.74, 6) is 1.06. The Kier molecular flexibility index (Phi) is 4.93. The molecule has 0 atom stereocenters. The third-order valence-corrected chi connectivity index (χ3v) is 4.95. The second-order valence-corrected chi connectivity index (χ2v) is 6.61. The van der Waals surface area contributed by atoms with Crippen LogP contribution in [0.5, 0.6) is 0 Å². The lowest BCUT2D eigenvalue weighted by Crippen LogP contribution is -2.47. The maximum atomic E-state index is 12.2. The summed E-state index contributed by atoms with van der Waals surface area (Å²) < 4.78 is 1.84. The number of hydrogen-bond donors (Lipinski definition) is 0. The lowest BCUT2D eigenvalue weighted by molar-refractivity contribution is 0.250. The Morgan fingerprint density at radius 1 is 0.885 bits per heavy atom. The zero-order valence-electron chi connectivity index (χ0n) is 14.8. The van der Waals surface area contributed by atoms with Gasteiger partial charge in [0.15, 0.2) is 0 Å². The van der Waals surface area contributed by atoms with Crippen LogP contribution in [0.2, 0.25) is 0 Å². The largest absolute Gasteiger partial charge is 0.354 e. The van der Waals surface area contributed by atoms with Crippen molar-refractivity contribution in [2.75, 3.05) is 37.6 Å². The van der Waals surface area contributed by atoms with Crippen molar-refractivity contribution in [2.24, 2.45) is 0 Å². The average molecular weight is 349 g/mol. The zero-order chi connectivity index (χ0) is 17.8. The zero-order valence-corrected chi connectivity index (χ0v) is 14.8. The summed E-state index contributed by atoms with van der Waals surface area (Å²) in [7, 11) is 0. The molecule has 26 heavy (non-hydrogen) atoms. The van der Waals surface area contributed by atoms with Crippen LogP contribution in [0, 0.1) is 0 Å². The number of hydrogen-bond acceptors (Lipinski definition) is 5. The number of piperazine rings is 1. The first-order valence-corrected chi connectivity index (χ1v) is 9.14. The van der Waals surface area contributed by atoms with Gasteiger partial charge in [0.25, 0.3) is 5.56 Å². The van der Waals surface area contributed by atoms with Crippen LogP contribution in [0.15, 0.2) is 59.7 Å². The van der Waals surface area contributed by atoms with Crippen LogP contribution in [0.1, 0.15) is 6.42 Å². The van der Waals surface area contributed by atoms with Crippen molar-refractivity contribution in [3.63, 3.8) is 0 Å². The number of rotatable bonds is 5. The van der Waals surface area contributed by atoms with Gasteiger partial charge in [0.05, 0.1) is 17.2 Å². The van der Waals surface area contributed by atoms with E-state index < -0.39 is 0 Å². The molecule has 4 rings (SSSR count). The molecule has 2 aromatic heterocycles. The number of aryl methyl sites for hydroxylation is 1. The molecule has 0 amide bonds. The summed E-state index contributed by atoms with van der Waals surface area (Å²) in [4.78, 5) is 25.6. The molecule has 1 aliphatic heterocycles. The molecule has 6 heteroatoms. The maximum absolute atomic E-state index is 12.2.